The van der Waals surface area contributed by atoms with Crippen LogP contribution in [0.25, 0.3) is 10.2 Å². The van der Waals surface area contributed by atoms with Crippen molar-refractivity contribution in [2.45, 2.75) is 57.3 Å². The first-order valence-corrected chi connectivity index (χ1v) is 11.2. The van der Waals surface area contributed by atoms with Crippen LogP contribution in [0.2, 0.25) is 0 Å². The van der Waals surface area contributed by atoms with E-state index in [1.54, 1.807) is 13.0 Å². The number of carbonyl (C=O) groups excluding carboxylic acids is 1. The molecule has 1 aromatic heterocycles. The predicted octanol–water partition coefficient (Wildman–Crippen LogP) is 4.86. The molecule has 2 aromatic carbocycles. The first-order valence-electron chi connectivity index (χ1n) is 10.4. The smallest absolute Gasteiger partial charge is 0.279 e. The number of nitrogens with one attached hydrogen (secondary N) is 1. The van der Waals surface area contributed by atoms with E-state index in [1.165, 1.54) is 29.0 Å². The van der Waals surface area contributed by atoms with Crippen molar-refractivity contribution in [2.24, 2.45) is 0 Å². The van der Waals surface area contributed by atoms with Crippen LogP contribution in [0.15, 0.2) is 42.5 Å². The Balaban J connectivity index is 1.17. The molecule has 156 valence electrons. The highest BCUT2D eigenvalue weighted by atomic mass is 32.1. The predicted molar refractivity (Wildman–Crippen MR) is 115 cm³/mol. The zero-order valence-corrected chi connectivity index (χ0v) is 17.6. The quantitative estimate of drug-likeness (QED) is 0.634. The molecular weight excluding hydrogens is 401 g/mol. The van der Waals surface area contributed by atoms with Gasteiger partial charge in [-0.15, -0.1) is 0 Å². The second-order valence-electron chi connectivity index (χ2n) is 8.20. The number of nitrogens with zero attached hydrogens (tertiary/aromatic N) is 2. The molecule has 2 bridgehead atoms. The molecule has 2 aliphatic heterocycles. The van der Waals surface area contributed by atoms with E-state index in [0.717, 1.165) is 42.4 Å². The third-order valence-electron chi connectivity index (χ3n) is 6.15. The number of hydrogen-bond acceptors (Lipinski definition) is 5. The van der Waals surface area contributed by atoms with Gasteiger partial charge in [0.1, 0.15) is 11.6 Å². The van der Waals surface area contributed by atoms with Gasteiger partial charge in [0.2, 0.25) is 5.91 Å². The van der Waals surface area contributed by atoms with E-state index in [9.17, 15) is 9.18 Å². The van der Waals surface area contributed by atoms with Gasteiger partial charge in [-0.2, -0.15) is 0 Å². The molecule has 0 aliphatic carbocycles. The van der Waals surface area contributed by atoms with Crippen LogP contribution in [-0.4, -0.2) is 33.9 Å². The SMILES string of the molecule is CC(=O)N1[C@@H]2CC[C@@H]1CC(NCc1ccc(Oc3nc4ccc(F)cc4s3)cc1)C2. The number of rotatable bonds is 5. The Morgan fingerprint density at radius 3 is 2.63 bits per heavy atom. The van der Waals surface area contributed by atoms with Crippen LogP contribution in [0.3, 0.4) is 0 Å². The van der Waals surface area contributed by atoms with Crippen molar-refractivity contribution in [2.75, 3.05) is 0 Å². The molecule has 30 heavy (non-hydrogen) atoms. The van der Waals surface area contributed by atoms with Crippen molar-refractivity contribution in [3.05, 3.63) is 53.8 Å². The van der Waals surface area contributed by atoms with Gasteiger partial charge in [0.15, 0.2) is 0 Å². The summed E-state index contributed by atoms with van der Waals surface area (Å²) in [5.74, 6) is 0.662. The van der Waals surface area contributed by atoms with Crippen molar-refractivity contribution in [1.29, 1.82) is 0 Å². The van der Waals surface area contributed by atoms with E-state index >= 15 is 0 Å². The van der Waals surface area contributed by atoms with Gasteiger partial charge in [0.05, 0.1) is 10.2 Å². The number of hydrogen-bond donors (Lipinski definition) is 1. The average Bonchev–Trinajstić information content (AvgIpc) is 3.24. The van der Waals surface area contributed by atoms with Gasteiger partial charge in [-0.1, -0.05) is 23.5 Å². The zero-order chi connectivity index (χ0) is 20.7. The molecular formula is C23H24FN3O2S. The van der Waals surface area contributed by atoms with Crippen molar-refractivity contribution in [1.82, 2.24) is 15.2 Å². The molecule has 2 fully saturated rings. The summed E-state index contributed by atoms with van der Waals surface area (Å²) in [6, 6.07) is 13.8. The molecule has 2 atom stereocenters. The highest BCUT2D eigenvalue weighted by molar-refractivity contribution is 7.20. The van der Waals surface area contributed by atoms with Crippen molar-refractivity contribution in [3.63, 3.8) is 0 Å². The van der Waals surface area contributed by atoms with Crippen LogP contribution in [0.5, 0.6) is 10.9 Å². The third-order valence-corrected chi connectivity index (χ3v) is 7.05. The van der Waals surface area contributed by atoms with Crippen LogP contribution in [0.1, 0.15) is 38.2 Å². The molecule has 0 unspecified atom stereocenters. The Morgan fingerprint density at radius 1 is 1.20 bits per heavy atom. The fraction of sp³-hybridized carbons (Fsp3) is 0.391. The summed E-state index contributed by atoms with van der Waals surface area (Å²) in [6.45, 7) is 2.49. The lowest BCUT2D eigenvalue weighted by atomic mass is 9.97. The number of amides is 1. The first-order chi connectivity index (χ1) is 14.5. The minimum atomic E-state index is -0.269. The fourth-order valence-corrected chi connectivity index (χ4v) is 5.68. The second-order valence-corrected chi connectivity index (χ2v) is 9.19. The molecule has 1 N–H and O–H groups in total. The summed E-state index contributed by atoms with van der Waals surface area (Å²) in [5, 5.41) is 4.17. The average molecular weight is 426 g/mol. The molecule has 3 aromatic rings. The minimum Gasteiger partial charge on any atom is -0.431 e. The number of carbonyl (C=O) groups is 1. The van der Waals surface area contributed by atoms with E-state index in [4.69, 9.17) is 4.74 Å². The molecule has 0 saturated carbocycles. The topological polar surface area (TPSA) is 54.5 Å². The molecule has 5 nitrogen and oxygen atoms in total. The number of fused-ring (bicyclic) bond motifs is 3. The van der Waals surface area contributed by atoms with Crippen LogP contribution in [-0.2, 0) is 11.3 Å². The van der Waals surface area contributed by atoms with Gasteiger partial charge in [0.25, 0.3) is 5.19 Å². The normalized spacial score (nSPS) is 23.1. The summed E-state index contributed by atoms with van der Waals surface area (Å²) >= 11 is 1.33. The molecule has 7 heteroatoms. The highest BCUT2D eigenvalue weighted by Gasteiger charge is 2.41. The van der Waals surface area contributed by atoms with E-state index < -0.39 is 0 Å². The van der Waals surface area contributed by atoms with Crippen LogP contribution in [0.4, 0.5) is 4.39 Å². The van der Waals surface area contributed by atoms with Gasteiger partial charge in [0, 0.05) is 31.6 Å². The lowest BCUT2D eigenvalue weighted by Gasteiger charge is -2.38. The van der Waals surface area contributed by atoms with Crippen molar-refractivity contribution in [3.8, 4) is 10.9 Å². The highest BCUT2D eigenvalue weighted by Crippen LogP contribution is 2.36. The molecule has 2 saturated heterocycles. The summed E-state index contributed by atoms with van der Waals surface area (Å²) in [5.41, 5.74) is 1.93. The maximum absolute atomic E-state index is 13.3. The Bertz CT molecular complexity index is 1050. The summed E-state index contributed by atoms with van der Waals surface area (Å²) in [4.78, 5) is 18.3. The summed E-state index contributed by atoms with van der Waals surface area (Å²) in [7, 11) is 0. The summed E-state index contributed by atoms with van der Waals surface area (Å²) in [6.07, 6.45) is 4.34. The minimum absolute atomic E-state index is 0.217. The molecule has 1 amide bonds. The summed E-state index contributed by atoms with van der Waals surface area (Å²) < 4.78 is 20.0. The number of ether oxygens (including phenoxy) is 1. The van der Waals surface area contributed by atoms with Gasteiger partial charge in [-0.3, -0.25) is 4.79 Å². The van der Waals surface area contributed by atoms with E-state index in [2.05, 4.69) is 27.3 Å². The zero-order valence-electron chi connectivity index (χ0n) is 16.8. The number of piperidine rings is 1. The van der Waals surface area contributed by atoms with Crippen LogP contribution < -0.4 is 10.1 Å². The Hall–Kier alpha value is -2.51. The number of halogens is 1. The number of benzene rings is 2. The maximum atomic E-state index is 13.3. The molecule has 2 aliphatic rings. The molecule has 0 spiro atoms. The lowest BCUT2D eigenvalue weighted by Crippen LogP contribution is -2.50. The Morgan fingerprint density at radius 2 is 1.93 bits per heavy atom. The monoisotopic (exact) mass is 425 g/mol. The maximum Gasteiger partial charge on any atom is 0.279 e. The molecule has 5 rings (SSSR count). The third kappa shape index (κ3) is 3.91. The van der Waals surface area contributed by atoms with E-state index in [1.807, 2.05) is 12.1 Å². The van der Waals surface area contributed by atoms with Crippen molar-refractivity contribution < 1.29 is 13.9 Å². The van der Waals surface area contributed by atoms with E-state index in [-0.39, 0.29) is 11.7 Å². The van der Waals surface area contributed by atoms with Crippen molar-refractivity contribution >= 4 is 27.5 Å². The van der Waals surface area contributed by atoms with Gasteiger partial charge < -0.3 is 15.0 Å². The first kappa shape index (κ1) is 19.5. The van der Waals surface area contributed by atoms with Crippen LogP contribution >= 0.6 is 11.3 Å². The second kappa shape index (κ2) is 7.96. The Labute approximate surface area is 178 Å². The van der Waals surface area contributed by atoms with Gasteiger partial charge >= 0.3 is 0 Å². The standard InChI is InChI=1S/C23H24FN3O2S/c1-14(28)27-18-5-6-19(27)12-17(11-18)25-13-15-2-7-20(8-3-15)29-23-26-21-9-4-16(24)10-22(21)30-23/h2-4,7-10,17-19,25H,5-6,11-13H2,1H3/t18-,19-/m1/s1. The Kier molecular flexibility index (Phi) is 5.16. The number of thiazole rings is 1. The van der Waals surface area contributed by atoms with Crippen LogP contribution in [0, 0.1) is 5.82 Å². The van der Waals surface area contributed by atoms with E-state index in [0.29, 0.717) is 29.1 Å². The molecule has 0 radical (unpaired) electrons. The fourth-order valence-electron chi connectivity index (χ4n) is 4.82. The number of aromatic nitrogens is 1. The lowest BCUT2D eigenvalue weighted by molar-refractivity contribution is -0.133. The molecule has 3 heterocycles. The van der Waals surface area contributed by atoms with Gasteiger partial charge in [-0.05, 0) is 61.6 Å². The van der Waals surface area contributed by atoms with Gasteiger partial charge in [-0.25, -0.2) is 9.37 Å². The largest absolute Gasteiger partial charge is 0.431 e.